The average Bonchev–Trinajstić information content (AvgIpc) is 2.17. The van der Waals surface area contributed by atoms with Gasteiger partial charge in [-0.3, -0.25) is 4.98 Å². The van der Waals surface area contributed by atoms with Crippen LogP contribution in [0.25, 0.3) is 0 Å². The molecule has 70 valence electrons. The summed E-state index contributed by atoms with van der Waals surface area (Å²) < 4.78 is 5.65. The first-order valence-corrected chi connectivity index (χ1v) is 4.89. The van der Waals surface area contributed by atoms with E-state index in [0.29, 0.717) is 5.92 Å². The zero-order valence-electron chi connectivity index (χ0n) is 8.21. The van der Waals surface area contributed by atoms with Crippen molar-refractivity contribution in [3.05, 3.63) is 23.5 Å². The lowest BCUT2D eigenvalue weighted by Gasteiger charge is -2.20. The number of ether oxygens (including phenoxy) is 1. The van der Waals surface area contributed by atoms with Gasteiger partial charge in [0, 0.05) is 6.20 Å². The quantitative estimate of drug-likeness (QED) is 0.657. The molecule has 2 rings (SSSR count). The van der Waals surface area contributed by atoms with Crippen molar-refractivity contribution in [2.45, 2.75) is 32.6 Å². The van der Waals surface area contributed by atoms with Crippen molar-refractivity contribution >= 4 is 0 Å². The number of aryl methyl sites for hydroxylation is 1. The number of nitrogens with zero attached hydrogens (tertiary/aromatic N) is 1. The minimum absolute atomic E-state index is 0.452. The van der Waals surface area contributed by atoms with Gasteiger partial charge in [-0.15, -0.1) is 0 Å². The van der Waals surface area contributed by atoms with E-state index in [4.69, 9.17) is 4.74 Å². The fraction of sp³-hybridized carbons (Fsp3) is 0.545. The van der Waals surface area contributed by atoms with E-state index in [0.717, 1.165) is 30.9 Å². The van der Waals surface area contributed by atoms with Gasteiger partial charge in [0.25, 0.3) is 0 Å². The van der Waals surface area contributed by atoms with Gasteiger partial charge in [-0.2, -0.15) is 0 Å². The number of aromatic nitrogens is 1. The highest BCUT2D eigenvalue weighted by atomic mass is 16.5. The molecule has 1 aromatic rings. The number of hydrogen-bond acceptors (Lipinski definition) is 2. The fourth-order valence-electron chi connectivity index (χ4n) is 1.72. The first kappa shape index (κ1) is 8.54. The Hall–Kier alpha value is -1.05. The third-order valence-corrected chi connectivity index (χ3v) is 2.40. The van der Waals surface area contributed by atoms with Crippen LogP contribution in [0.5, 0.6) is 5.75 Å². The van der Waals surface area contributed by atoms with Crippen LogP contribution in [0, 0.1) is 0 Å². The van der Waals surface area contributed by atoms with Crippen LogP contribution in [0.15, 0.2) is 12.3 Å². The summed E-state index contributed by atoms with van der Waals surface area (Å²) in [6.45, 7) is 5.15. The second-order valence-electron chi connectivity index (χ2n) is 3.79. The molecule has 0 saturated heterocycles. The summed E-state index contributed by atoms with van der Waals surface area (Å²) >= 11 is 0. The molecule has 0 fully saturated rings. The van der Waals surface area contributed by atoms with Gasteiger partial charge in [-0.1, -0.05) is 13.8 Å². The van der Waals surface area contributed by atoms with E-state index < -0.39 is 0 Å². The van der Waals surface area contributed by atoms with Crippen molar-refractivity contribution < 1.29 is 4.74 Å². The number of fused-ring (bicyclic) bond motifs is 1. The molecule has 1 aromatic heterocycles. The van der Waals surface area contributed by atoms with Crippen molar-refractivity contribution in [2.75, 3.05) is 6.61 Å². The van der Waals surface area contributed by atoms with E-state index in [1.54, 1.807) is 0 Å². The Bertz CT molecular complexity index is 307. The Morgan fingerprint density at radius 1 is 1.46 bits per heavy atom. The topological polar surface area (TPSA) is 22.1 Å². The third-order valence-electron chi connectivity index (χ3n) is 2.40. The monoisotopic (exact) mass is 177 g/mol. The summed E-state index contributed by atoms with van der Waals surface area (Å²) in [5.74, 6) is 1.50. The van der Waals surface area contributed by atoms with Crippen molar-refractivity contribution in [1.29, 1.82) is 0 Å². The maximum atomic E-state index is 5.65. The van der Waals surface area contributed by atoms with Crippen LogP contribution in [0.3, 0.4) is 0 Å². The summed E-state index contributed by atoms with van der Waals surface area (Å²) in [6, 6.07) is 2.07. The third kappa shape index (κ3) is 1.53. The molecule has 1 aliphatic heterocycles. The van der Waals surface area contributed by atoms with Crippen molar-refractivity contribution in [3.63, 3.8) is 0 Å². The molecule has 13 heavy (non-hydrogen) atoms. The van der Waals surface area contributed by atoms with Gasteiger partial charge in [-0.05, 0) is 30.4 Å². The average molecular weight is 177 g/mol. The lowest BCUT2D eigenvalue weighted by atomic mass is 10.0. The molecule has 0 bridgehead atoms. The van der Waals surface area contributed by atoms with Gasteiger partial charge in [0.2, 0.25) is 0 Å². The molecule has 0 aromatic carbocycles. The molecule has 2 heteroatoms. The second-order valence-corrected chi connectivity index (χ2v) is 3.79. The fourth-order valence-corrected chi connectivity index (χ4v) is 1.72. The Kier molecular flexibility index (Phi) is 2.21. The van der Waals surface area contributed by atoms with Crippen LogP contribution in [0.1, 0.15) is 37.4 Å². The minimum Gasteiger partial charge on any atom is -0.491 e. The van der Waals surface area contributed by atoms with Crippen molar-refractivity contribution in [1.82, 2.24) is 4.98 Å². The van der Waals surface area contributed by atoms with Crippen LogP contribution in [0.4, 0.5) is 0 Å². The molecule has 2 heterocycles. The van der Waals surface area contributed by atoms with E-state index in [9.17, 15) is 0 Å². The van der Waals surface area contributed by atoms with E-state index in [2.05, 4.69) is 24.9 Å². The van der Waals surface area contributed by atoms with E-state index in [-0.39, 0.29) is 0 Å². The lowest BCUT2D eigenvalue weighted by Crippen LogP contribution is -2.12. The van der Waals surface area contributed by atoms with Crippen molar-refractivity contribution in [3.8, 4) is 5.75 Å². The minimum atomic E-state index is 0.452. The van der Waals surface area contributed by atoms with Crippen LogP contribution in [-0.2, 0) is 6.42 Å². The lowest BCUT2D eigenvalue weighted by molar-refractivity contribution is 0.282. The summed E-state index contributed by atoms with van der Waals surface area (Å²) in [5, 5.41) is 0. The molecular formula is C11H15NO. The molecule has 0 spiro atoms. The second kappa shape index (κ2) is 3.36. The zero-order valence-corrected chi connectivity index (χ0v) is 8.21. The Morgan fingerprint density at radius 3 is 3.08 bits per heavy atom. The maximum Gasteiger partial charge on any atom is 0.144 e. The Morgan fingerprint density at radius 2 is 2.31 bits per heavy atom. The van der Waals surface area contributed by atoms with E-state index >= 15 is 0 Å². The van der Waals surface area contributed by atoms with Crippen LogP contribution >= 0.6 is 0 Å². The van der Waals surface area contributed by atoms with Gasteiger partial charge in [0.05, 0.1) is 12.3 Å². The van der Waals surface area contributed by atoms with E-state index in [1.165, 1.54) is 5.56 Å². The highest BCUT2D eigenvalue weighted by Crippen LogP contribution is 2.31. The van der Waals surface area contributed by atoms with Gasteiger partial charge < -0.3 is 4.74 Å². The summed E-state index contributed by atoms with van der Waals surface area (Å²) in [5.41, 5.74) is 2.43. The molecule has 2 nitrogen and oxygen atoms in total. The number of pyridine rings is 1. The van der Waals surface area contributed by atoms with Crippen LogP contribution in [-0.4, -0.2) is 11.6 Å². The summed E-state index contributed by atoms with van der Waals surface area (Å²) in [6.07, 6.45) is 4.16. The largest absolute Gasteiger partial charge is 0.491 e. The zero-order chi connectivity index (χ0) is 9.26. The molecule has 0 atom stereocenters. The smallest absolute Gasteiger partial charge is 0.144 e. The predicted molar refractivity (Wildman–Crippen MR) is 52.1 cm³/mol. The first-order chi connectivity index (χ1) is 6.29. The summed E-state index contributed by atoms with van der Waals surface area (Å²) in [4.78, 5) is 4.37. The first-order valence-electron chi connectivity index (χ1n) is 4.89. The standard InChI is InChI=1S/C11H15NO/c1-8(2)10-11-9(5-6-12-10)4-3-7-13-11/h5-6,8H,3-4,7H2,1-2H3. The molecule has 1 aliphatic rings. The van der Waals surface area contributed by atoms with Gasteiger partial charge in [0.1, 0.15) is 5.75 Å². The predicted octanol–water partition coefficient (Wildman–Crippen LogP) is 2.53. The highest BCUT2D eigenvalue weighted by Gasteiger charge is 2.16. The Balaban J connectivity index is 2.46. The molecule has 0 N–H and O–H groups in total. The van der Waals surface area contributed by atoms with Gasteiger partial charge in [0.15, 0.2) is 0 Å². The van der Waals surface area contributed by atoms with E-state index in [1.807, 2.05) is 6.20 Å². The SMILES string of the molecule is CC(C)c1nccc2c1OCCC2. The highest BCUT2D eigenvalue weighted by molar-refractivity contribution is 5.39. The normalized spacial score (nSPS) is 15.3. The molecule has 0 radical (unpaired) electrons. The maximum absolute atomic E-state index is 5.65. The molecule has 0 unspecified atom stereocenters. The Labute approximate surface area is 78.9 Å². The molecule has 0 amide bonds. The van der Waals surface area contributed by atoms with Gasteiger partial charge in [-0.25, -0.2) is 0 Å². The summed E-state index contributed by atoms with van der Waals surface area (Å²) in [7, 11) is 0. The van der Waals surface area contributed by atoms with Crippen LogP contribution in [0.2, 0.25) is 0 Å². The molecule has 0 aliphatic carbocycles. The molecular weight excluding hydrogens is 162 g/mol. The number of hydrogen-bond donors (Lipinski definition) is 0. The molecule has 0 saturated carbocycles. The number of rotatable bonds is 1. The van der Waals surface area contributed by atoms with Gasteiger partial charge >= 0.3 is 0 Å². The van der Waals surface area contributed by atoms with Crippen LogP contribution < -0.4 is 4.74 Å². The van der Waals surface area contributed by atoms with Crippen molar-refractivity contribution in [2.24, 2.45) is 0 Å².